The van der Waals surface area contributed by atoms with E-state index in [4.69, 9.17) is 5.26 Å². The quantitative estimate of drug-likeness (QED) is 0.608. The van der Waals surface area contributed by atoms with Crippen LogP contribution in [0.3, 0.4) is 0 Å². The molecule has 0 aliphatic heterocycles. The van der Waals surface area contributed by atoms with E-state index in [2.05, 4.69) is 6.07 Å². The minimum Gasteiger partial charge on any atom is -0.300 e. The first-order chi connectivity index (χ1) is 5.20. The highest BCUT2D eigenvalue weighted by atomic mass is 16.1. The van der Waals surface area contributed by atoms with E-state index < -0.39 is 0 Å². The van der Waals surface area contributed by atoms with Crippen LogP contribution < -0.4 is 0 Å². The summed E-state index contributed by atoms with van der Waals surface area (Å²) in [6.45, 7) is 3.76. The van der Waals surface area contributed by atoms with Crippen molar-refractivity contribution in [1.29, 1.82) is 5.26 Å². The van der Waals surface area contributed by atoms with E-state index in [0.717, 1.165) is 12.8 Å². The molecule has 1 atom stereocenters. The summed E-state index contributed by atoms with van der Waals surface area (Å²) >= 11 is 0. The van der Waals surface area contributed by atoms with Gasteiger partial charge in [0.15, 0.2) is 0 Å². The van der Waals surface area contributed by atoms with Crippen molar-refractivity contribution < 1.29 is 4.79 Å². The van der Waals surface area contributed by atoms with Gasteiger partial charge in [-0.3, -0.25) is 4.79 Å². The van der Waals surface area contributed by atoms with Crippen molar-refractivity contribution in [3.63, 3.8) is 0 Å². The van der Waals surface area contributed by atoms with Gasteiger partial charge in [0.2, 0.25) is 0 Å². The molecule has 0 fully saturated rings. The Hall–Kier alpha value is -0.840. The molecule has 11 heavy (non-hydrogen) atoms. The molecule has 62 valence electrons. The lowest BCUT2D eigenvalue weighted by Gasteiger charge is -1.99. The SMILES string of the molecule is CCC(=O)CCCC(C)C#N. The Balaban J connectivity index is 3.29. The van der Waals surface area contributed by atoms with Crippen LogP contribution in [0.2, 0.25) is 0 Å². The number of ketones is 1. The second-order valence-electron chi connectivity index (χ2n) is 2.81. The summed E-state index contributed by atoms with van der Waals surface area (Å²) in [5, 5.41) is 8.42. The zero-order valence-electron chi connectivity index (χ0n) is 7.26. The highest BCUT2D eigenvalue weighted by Gasteiger charge is 2.01. The number of hydrogen-bond acceptors (Lipinski definition) is 2. The molecule has 0 rings (SSSR count). The first-order valence-corrected chi connectivity index (χ1v) is 4.12. The number of hydrogen-bond donors (Lipinski definition) is 0. The first kappa shape index (κ1) is 10.2. The second kappa shape index (κ2) is 5.91. The molecule has 0 aliphatic rings. The van der Waals surface area contributed by atoms with Crippen molar-refractivity contribution in [1.82, 2.24) is 0 Å². The van der Waals surface area contributed by atoms with Crippen molar-refractivity contribution >= 4 is 5.78 Å². The van der Waals surface area contributed by atoms with Crippen LogP contribution >= 0.6 is 0 Å². The Morgan fingerprint density at radius 2 is 2.27 bits per heavy atom. The summed E-state index contributed by atoms with van der Waals surface area (Å²) < 4.78 is 0. The molecule has 0 aromatic carbocycles. The summed E-state index contributed by atoms with van der Waals surface area (Å²) in [5.41, 5.74) is 0. The molecule has 0 aromatic heterocycles. The number of nitriles is 1. The number of rotatable bonds is 5. The Kier molecular flexibility index (Phi) is 5.46. The van der Waals surface area contributed by atoms with Crippen LogP contribution in [0.15, 0.2) is 0 Å². The van der Waals surface area contributed by atoms with Gasteiger partial charge >= 0.3 is 0 Å². The molecule has 0 aliphatic carbocycles. The largest absolute Gasteiger partial charge is 0.300 e. The average molecular weight is 153 g/mol. The van der Waals surface area contributed by atoms with E-state index in [1.54, 1.807) is 0 Å². The fourth-order valence-corrected chi connectivity index (χ4v) is 0.847. The number of carbonyl (C=O) groups excluding carboxylic acids is 1. The number of carbonyl (C=O) groups is 1. The highest BCUT2D eigenvalue weighted by Crippen LogP contribution is 2.07. The fourth-order valence-electron chi connectivity index (χ4n) is 0.847. The molecule has 0 heterocycles. The van der Waals surface area contributed by atoms with Crippen molar-refractivity contribution in [2.45, 2.75) is 39.5 Å². The Bertz CT molecular complexity index is 157. The van der Waals surface area contributed by atoms with Gasteiger partial charge < -0.3 is 0 Å². The zero-order valence-corrected chi connectivity index (χ0v) is 7.26. The Labute approximate surface area is 68.2 Å². The molecule has 2 nitrogen and oxygen atoms in total. The molecule has 2 heteroatoms. The van der Waals surface area contributed by atoms with Gasteiger partial charge in [-0.15, -0.1) is 0 Å². The first-order valence-electron chi connectivity index (χ1n) is 4.12. The minimum absolute atomic E-state index is 0.0969. The zero-order chi connectivity index (χ0) is 8.69. The lowest BCUT2D eigenvalue weighted by Crippen LogP contribution is -1.97. The van der Waals surface area contributed by atoms with Crippen LogP contribution in [0.5, 0.6) is 0 Å². The Morgan fingerprint density at radius 1 is 1.64 bits per heavy atom. The van der Waals surface area contributed by atoms with E-state index in [1.807, 2.05) is 13.8 Å². The van der Waals surface area contributed by atoms with E-state index in [9.17, 15) is 4.79 Å². The van der Waals surface area contributed by atoms with Crippen LogP contribution in [0.25, 0.3) is 0 Å². The summed E-state index contributed by atoms with van der Waals surface area (Å²) in [6.07, 6.45) is 2.98. The smallest absolute Gasteiger partial charge is 0.132 e. The van der Waals surface area contributed by atoms with Gasteiger partial charge in [0, 0.05) is 18.8 Å². The number of Topliss-reactive ketones (excluding diaryl/α,β-unsaturated/α-hetero) is 1. The molecule has 1 unspecified atom stereocenters. The van der Waals surface area contributed by atoms with Crippen molar-refractivity contribution in [3.05, 3.63) is 0 Å². The number of nitrogens with zero attached hydrogens (tertiary/aromatic N) is 1. The third-order valence-corrected chi connectivity index (χ3v) is 1.71. The van der Waals surface area contributed by atoms with Crippen molar-refractivity contribution in [2.75, 3.05) is 0 Å². The summed E-state index contributed by atoms with van der Waals surface area (Å²) in [7, 11) is 0. The van der Waals surface area contributed by atoms with Crippen LogP contribution in [-0.2, 0) is 4.79 Å². The Morgan fingerprint density at radius 3 is 2.73 bits per heavy atom. The normalized spacial score (nSPS) is 12.1. The lowest BCUT2D eigenvalue weighted by molar-refractivity contribution is -0.118. The monoisotopic (exact) mass is 153 g/mol. The molecule has 0 spiro atoms. The summed E-state index contributed by atoms with van der Waals surface area (Å²) in [6, 6.07) is 2.15. The minimum atomic E-state index is 0.0969. The van der Waals surface area contributed by atoms with Gasteiger partial charge in [-0.05, 0) is 19.8 Å². The van der Waals surface area contributed by atoms with Crippen LogP contribution in [0, 0.1) is 17.2 Å². The summed E-state index contributed by atoms with van der Waals surface area (Å²) in [4.78, 5) is 10.8. The van der Waals surface area contributed by atoms with Crippen molar-refractivity contribution in [2.24, 2.45) is 5.92 Å². The molecular weight excluding hydrogens is 138 g/mol. The molecule has 0 aromatic rings. The molecule has 0 amide bonds. The second-order valence-corrected chi connectivity index (χ2v) is 2.81. The maximum Gasteiger partial charge on any atom is 0.132 e. The van der Waals surface area contributed by atoms with Gasteiger partial charge in [0.1, 0.15) is 5.78 Å². The maximum atomic E-state index is 10.8. The van der Waals surface area contributed by atoms with Gasteiger partial charge in [-0.2, -0.15) is 5.26 Å². The standard InChI is InChI=1S/C9H15NO/c1-3-9(11)6-4-5-8(2)7-10/h8H,3-6H2,1-2H3. The predicted octanol–water partition coefficient (Wildman–Crippen LogP) is 2.30. The fraction of sp³-hybridized carbons (Fsp3) is 0.778. The average Bonchev–Trinajstić information content (AvgIpc) is 2.04. The summed E-state index contributed by atoms with van der Waals surface area (Å²) in [5.74, 6) is 0.398. The topological polar surface area (TPSA) is 40.9 Å². The van der Waals surface area contributed by atoms with Gasteiger partial charge in [0.05, 0.1) is 6.07 Å². The highest BCUT2D eigenvalue weighted by molar-refractivity contribution is 5.77. The van der Waals surface area contributed by atoms with E-state index >= 15 is 0 Å². The third-order valence-electron chi connectivity index (χ3n) is 1.71. The molecular formula is C9H15NO. The molecule has 0 bridgehead atoms. The van der Waals surface area contributed by atoms with E-state index in [1.165, 1.54) is 0 Å². The molecule has 0 saturated heterocycles. The molecule has 0 radical (unpaired) electrons. The van der Waals surface area contributed by atoms with E-state index in [0.29, 0.717) is 18.6 Å². The van der Waals surface area contributed by atoms with Crippen molar-refractivity contribution in [3.8, 4) is 6.07 Å². The third kappa shape index (κ3) is 5.60. The van der Waals surface area contributed by atoms with E-state index in [-0.39, 0.29) is 5.92 Å². The van der Waals surface area contributed by atoms with Gasteiger partial charge in [0.25, 0.3) is 0 Å². The van der Waals surface area contributed by atoms with Gasteiger partial charge in [-0.1, -0.05) is 6.92 Å². The van der Waals surface area contributed by atoms with Crippen LogP contribution in [-0.4, -0.2) is 5.78 Å². The molecule has 0 saturated carbocycles. The lowest BCUT2D eigenvalue weighted by atomic mass is 10.0. The van der Waals surface area contributed by atoms with Gasteiger partial charge in [-0.25, -0.2) is 0 Å². The van der Waals surface area contributed by atoms with Crippen LogP contribution in [0.4, 0.5) is 0 Å². The molecule has 0 N–H and O–H groups in total. The maximum absolute atomic E-state index is 10.8. The predicted molar refractivity (Wildman–Crippen MR) is 43.9 cm³/mol. The van der Waals surface area contributed by atoms with Crippen LogP contribution in [0.1, 0.15) is 39.5 Å².